The molecule has 1 N–H and O–H groups in total. The first-order valence-corrected chi connectivity index (χ1v) is 7.31. The standard InChI is InChI=1S/C15H12Cl2N4O/c1-21(8-10-3-2-4-11(16)14(10)17)15(22)9-5-6-12-13(7-9)19-20-18-12/h2-7H,8H2,1H3,(H,18,19,20). The zero-order valence-electron chi connectivity index (χ0n) is 11.7. The Morgan fingerprint density at radius 2 is 1.95 bits per heavy atom. The number of aromatic nitrogens is 3. The van der Waals surface area contributed by atoms with Crippen LogP contribution in [0.4, 0.5) is 0 Å². The summed E-state index contributed by atoms with van der Waals surface area (Å²) in [5, 5.41) is 11.4. The van der Waals surface area contributed by atoms with E-state index in [0.29, 0.717) is 27.7 Å². The molecule has 0 atom stereocenters. The quantitative estimate of drug-likeness (QED) is 0.796. The summed E-state index contributed by atoms with van der Waals surface area (Å²) in [7, 11) is 1.71. The molecular formula is C15H12Cl2N4O. The number of H-pyrrole nitrogens is 1. The summed E-state index contributed by atoms with van der Waals surface area (Å²) in [6, 6.07) is 10.6. The Hall–Kier alpha value is -2.11. The van der Waals surface area contributed by atoms with E-state index in [1.807, 2.05) is 12.1 Å². The van der Waals surface area contributed by atoms with Crippen LogP contribution in [0.1, 0.15) is 15.9 Å². The number of hydrogen-bond donors (Lipinski definition) is 1. The number of carbonyl (C=O) groups is 1. The van der Waals surface area contributed by atoms with E-state index >= 15 is 0 Å². The summed E-state index contributed by atoms with van der Waals surface area (Å²) in [5.41, 5.74) is 2.71. The highest BCUT2D eigenvalue weighted by atomic mass is 35.5. The molecule has 0 bridgehead atoms. The van der Waals surface area contributed by atoms with E-state index in [-0.39, 0.29) is 5.91 Å². The number of aromatic amines is 1. The number of nitrogens with one attached hydrogen (secondary N) is 1. The molecule has 0 fully saturated rings. The van der Waals surface area contributed by atoms with Gasteiger partial charge in [0.2, 0.25) is 0 Å². The number of benzene rings is 2. The fraction of sp³-hybridized carbons (Fsp3) is 0.133. The first-order chi connectivity index (χ1) is 10.6. The summed E-state index contributed by atoms with van der Waals surface area (Å²) < 4.78 is 0. The van der Waals surface area contributed by atoms with Gasteiger partial charge >= 0.3 is 0 Å². The third-order valence-electron chi connectivity index (χ3n) is 3.35. The molecule has 3 aromatic rings. The van der Waals surface area contributed by atoms with E-state index in [0.717, 1.165) is 11.1 Å². The molecule has 7 heteroatoms. The summed E-state index contributed by atoms with van der Waals surface area (Å²) in [6.07, 6.45) is 0. The maximum Gasteiger partial charge on any atom is 0.253 e. The molecule has 3 rings (SSSR count). The van der Waals surface area contributed by atoms with Crippen LogP contribution in [-0.4, -0.2) is 33.3 Å². The van der Waals surface area contributed by atoms with Crippen molar-refractivity contribution in [2.24, 2.45) is 0 Å². The van der Waals surface area contributed by atoms with Gasteiger partial charge in [-0.3, -0.25) is 4.79 Å². The van der Waals surface area contributed by atoms with Gasteiger partial charge in [-0.2, -0.15) is 15.4 Å². The lowest BCUT2D eigenvalue weighted by molar-refractivity contribution is 0.0785. The number of rotatable bonds is 3. The van der Waals surface area contributed by atoms with Gasteiger partial charge in [-0.05, 0) is 29.8 Å². The van der Waals surface area contributed by atoms with E-state index in [9.17, 15) is 4.79 Å². The largest absolute Gasteiger partial charge is 0.337 e. The van der Waals surface area contributed by atoms with Gasteiger partial charge in [-0.25, -0.2) is 0 Å². The Balaban J connectivity index is 1.83. The Labute approximate surface area is 136 Å². The average molecular weight is 335 g/mol. The van der Waals surface area contributed by atoms with Gasteiger partial charge in [-0.15, -0.1) is 0 Å². The Morgan fingerprint density at radius 1 is 1.18 bits per heavy atom. The molecule has 2 aromatic carbocycles. The van der Waals surface area contributed by atoms with E-state index in [1.165, 1.54) is 0 Å². The van der Waals surface area contributed by atoms with Crippen LogP contribution in [-0.2, 0) is 6.54 Å². The number of fused-ring (bicyclic) bond motifs is 1. The molecule has 5 nitrogen and oxygen atoms in total. The number of nitrogens with zero attached hydrogens (tertiary/aromatic N) is 3. The van der Waals surface area contributed by atoms with Crippen LogP contribution in [0.5, 0.6) is 0 Å². The third-order valence-corrected chi connectivity index (χ3v) is 4.21. The Morgan fingerprint density at radius 3 is 2.77 bits per heavy atom. The highest BCUT2D eigenvalue weighted by molar-refractivity contribution is 6.42. The van der Waals surface area contributed by atoms with Crippen LogP contribution in [0, 0.1) is 0 Å². The lowest BCUT2D eigenvalue weighted by atomic mass is 10.1. The highest BCUT2D eigenvalue weighted by Crippen LogP contribution is 2.26. The molecular weight excluding hydrogens is 323 g/mol. The minimum absolute atomic E-state index is 0.124. The summed E-state index contributed by atoms with van der Waals surface area (Å²) in [6.45, 7) is 0.370. The molecule has 1 amide bonds. The average Bonchev–Trinajstić information content (AvgIpc) is 2.98. The summed E-state index contributed by atoms with van der Waals surface area (Å²) >= 11 is 12.2. The second-order valence-corrected chi connectivity index (χ2v) is 5.69. The minimum atomic E-state index is -0.124. The molecule has 0 aliphatic rings. The van der Waals surface area contributed by atoms with Gasteiger partial charge in [0.15, 0.2) is 0 Å². The first-order valence-electron chi connectivity index (χ1n) is 6.55. The molecule has 112 valence electrons. The van der Waals surface area contributed by atoms with Crippen molar-refractivity contribution in [1.82, 2.24) is 20.3 Å². The summed E-state index contributed by atoms with van der Waals surface area (Å²) in [5.74, 6) is -0.124. The second kappa shape index (κ2) is 5.94. The number of hydrogen-bond acceptors (Lipinski definition) is 3. The lowest BCUT2D eigenvalue weighted by Crippen LogP contribution is -2.26. The van der Waals surface area contributed by atoms with Crippen molar-refractivity contribution in [3.63, 3.8) is 0 Å². The van der Waals surface area contributed by atoms with Crippen molar-refractivity contribution in [3.8, 4) is 0 Å². The third kappa shape index (κ3) is 2.77. The van der Waals surface area contributed by atoms with Crippen LogP contribution in [0.2, 0.25) is 10.0 Å². The van der Waals surface area contributed by atoms with Gasteiger partial charge in [0, 0.05) is 19.2 Å². The molecule has 0 spiro atoms. The number of amides is 1. The van der Waals surface area contributed by atoms with Gasteiger partial charge in [0.05, 0.1) is 10.0 Å². The second-order valence-electron chi connectivity index (χ2n) is 4.90. The van der Waals surface area contributed by atoms with Crippen LogP contribution in [0.15, 0.2) is 36.4 Å². The SMILES string of the molecule is CN(Cc1cccc(Cl)c1Cl)C(=O)c1ccc2n[nH]nc2c1. The van der Waals surface area contributed by atoms with Crippen LogP contribution >= 0.6 is 23.2 Å². The molecule has 22 heavy (non-hydrogen) atoms. The molecule has 1 aromatic heterocycles. The van der Waals surface area contributed by atoms with E-state index in [1.54, 1.807) is 36.2 Å². The fourth-order valence-electron chi connectivity index (χ4n) is 2.19. The predicted octanol–water partition coefficient (Wildman–Crippen LogP) is 3.54. The van der Waals surface area contributed by atoms with Gasteiger partial charge in [0.25, 0.3) is 5.91 Å². The molecule has 1 heterocycles. The van der Waals surface area contributed by atoms with Crippen molar-refractivity contribution in [1.29, 1.82) is 0 Å². The van der Waals surface area contributed by atoms with Crippen LogP contribution in [0.25, 0.3) is 11.0 Å². The Kier molecular flexibility index (Phi) is 4.00. The predicted molar refractivity (Wildman–Crippen MR) is 86.1 cm³/mol. The van der Waals surface area contributed by atoms with Gasteiger partial charge < -0.3 is 4.90 Å². The maximum atomic E-state index is 12.5. The van der Waals surface area contributed by atoms with Gasteiger partial charge in [0.1, 0.15) is 11.0 Å². The zero-order valence-corrected chi connectivity index (χ0v) is 13.2. The zero-order chi connectivity index (χ0) is 15.7. The smallest absolute Gasteiger partial charge is 0.253 e. The van der Waals surface area contributed by atoms with Crippen molar-refractivity contribution >= 4 is 40.1 Å². The van der Waals surface area contributed by atoms with Crippen LogP contribution in [0.3, 0.4) is 0 Å². The van der Waals surface area contributed by atoms with Crippen molar-refractivity contribution < 1.29 is 4.79 Å². The van der Waals surface area contributed by atoms with Crippen molar-refractivity contribution in [2.75, 3.05) is 7.05 Å². The molecule has 0 saturated heterocycles. The topological polar surface area (TPSA) is 61.9 Å². The molecule has 0 saturated carbocycles. The van der Waals surface area contributed by atoms with Crippen molar-refractivity contribution in [3.05, 3.63) is 57.6 Å². The van der Waals surface area contributed by atoms with E-state index in [2.05, 4.69) is 15.4 Å². The molecule has 0 radical (unpaired) electrons. The maximum absolute atomic E-state index is 12.5. The normalized spacial score (nSPS) is 10.9. The number of carbonyl (C=O) groups excluding carboxylic acids is 1. The number of halogens is 2. The summed E-state index contributed by atoms with van der Waals surface area (Å²) in [4.78, 5) is 14.1. The van der Waals surface area contributed by atoms with Crippen LogP contribution < -0.4 is 0 Å². The van der Waals surface area contributed by atoms with Crippen molar-refractivity contribution in [2.45, 2.75) is 6.54 Å². The molecule has 0 unspecified atom stereocenters. The molecule has 0 aliphatic carbocycles. The highest BCUT2D eigenvalue weighted by Gasteiger charge is 2.15. The fourth-order valence-corrected chi connectivity index (χ4v) is 2.57. The first kappa shape index (κ1) is 14.8. The monoisotopic (exact) mass is 334 g/mol. The molecule has 0 aliphatic heterocycles. The van der Waals surface area contributed by atoms with E-state index < -0.39 is 0 Å². The van der Waals surface area contributed by atoms with E-state index in [4.69, 9.17) is 23.2 Å². The Bertz CT molecular complexity index is 846. The van der Waals surface area contributed by atoms with Gasteiger partial charge in [-0.1, -0.05) is 35.3 Å². The minimum Gasteiger partial charge on any atom is -0.337 e. The lowest BCUT2D eigenvalue weighted by Gasteiger charge is -2.18.